The van der Waals surface area contributed by atoms with Crippen molar-refractivity contribution in [2.24, 2.45) is 4.99 Å². The molecule has 4 rings (SSSR count). The summed E-state index contributed by atoms with van der Waals surface area (Å²) in [6.07, 6.45) is 3.95. The van der Waals surface area contributed by atoms with Gasteiger partial charge in [-0.25, -0.2) is 4.79 Å². The number of carbonyl (C=O) groups excluding carboxylic acids is 1. The molecular formula is C26H26N2O3. The average molecular weight is 415 g/mol. The maximum Gasteiger partial charge on any atom is 0.373 e. The number of methoxy groups -OCH3 is 1. The molecule has 5 nitrogen and oxygen atoms in total. The number of aliphatic imine (C=N–C) groups is 1. The number of furan rings is 1. The predicted octanol–water partition coefficient (Wildman–Crippen LogP) is 6.12. The van der Waals surface area contributed by atoms with E-state index in [9.17, 15) is 4.79 Å². The molecule has 0 spiro atoms. The molecule has 0 unspecified atom stereocenters. The summed E-state index contributed by atoms with van der Waals surface area (Å²) in [6, 6.07) is 20.0. The van der Waals surface area contributed by atoms with E-state index in [1.807, 2.05) is 30.5 Å². The van der Waals surface area contributed by atoms with Gasteiger partial charge >= 0.3 is 5.97 Å². The standard InChI is InChI=1S/C26H26N2O3/c1-26(2,3)19-9-11-20(12-10-19)27-15-18-16-28(23-8-6-5-7-22(18)23)17-21-13-14-24(31-21)25(29)30-4/h5-16H,17H2,1-4H3. The molecular weight excluding hydrogens is 388 g/mol. The number of para-hydroxylation sites is 1. The van der Waals surface area contributed by atoms with Crippen molar-refractivity contribution >= 4 is 28.8 Å². The van der Waals surface area contributed by atoms with Crippen LogP contribution in [0, 0.1) is 0 Å². The van der Waals surface area contributed by atoms with E-state index in [1.54, 1.807) is 12.1 Å². The number of hydrogen-bond donors (Lipinski definition) is 0. The molecule has 0 radical (unpaired) electrons. The molecule has 2 heterocycles. The molecule has 2 aromatic carbocycles. The van der Waals surface area contributed by atoms with Gasteiger partial charge in [0.1, 0.15) is 5.76 Å². The highest BCUT2D eigenvalue weighted by atomic mass is 16.5. The molecule has 0 amide bonds. The third kappa shape index (κ3) is 4.45. The second-order valence-corrected chi connectivity index (χ2v) is 8.54. The first kappa shape index (κ1) is 20.7. The molecule has 31 heavy (non-hydrogen) atoms. The van der Waals surface area contributed by atoms with Crippen molar-refractivity contribution in [1.82, 2.24) is 4.57 Å². The molecule has 0 aliphatic heterocycles. The van der Waals surface area contributed by atoms with Gasteiger partial charge in [0.05, 0.1) is 19.3 Å². The minimum absolute atomic E-state index is 0.120. The second kappa shape index (κ2) is 8.26. The lowest BCUT2D eigenvalue weighted by molar-refractivity contribution is 0.0563. The number of fused-ring (bicyclic) bond motifs is 1. The van der Waals surface area contributed by atoms with Crippen molar-refractivity contribution < 1.29 is 13.9 Å². The van der Waals surface area contributed by atoms with Gasteiger partial charge in [-0.05, 0) is 41.3 Å². The fourth-order valence-corrected chi connectivity index (χ4v) is 3.54. The van der Waals surface area contributed by atoms with Crippen LogP contribution in [0.4, 0.5) is 5.69 Å². The summed E-state index contributed by atoms with van der Waals surface area (Å²) >= 11 is 0. The zero-order valence-corrected chi connectivity index (χ0v) is 18.3. The molecule has 0 N–H and O–H groups in total. The quantitative estimate of drug-likeness (QED) is 0.292. The number of carbonyl (C=O) groups is 1. The van der Waals surface area contributed by atoms with Crippen LogP contribution >= 0.6 is 0 Å². The first-order valence-corrected chi connectivity index (χ1v) is 10.2. The Kier molecular flexibility index (Phi) is 5.51. The van der Waals surface area contributed by atoms with Crippen molar-refractivity contribution in [2.45, 2.75) is 32.7 Å². The van der Waals surface area contributed by atoms with Crippen LogP contribution in [-0.2, 0) is 16.7 Å². The Morgan fingerprint density at radius 2 is 1.81 bits per heavy atom. The Labute approximate surface area is 182 Å². The van der Waals surface area contributed by atoms with Crippen molar-refractivity contribution in [3.05, 3.63) is 89.5 Å². The zero-order chi connectivity index (χ0) is 22.0. The number of esters is 1. The van der Waals surface area contributed by atoms with E-state index in [0.29, 0.717) is 12.3 Å². The summed E-state index contributed by atoms with van der Waals surface area (Å²) in [7, 11) is 1.34. The first-order chi connectivity index (χ1) is 14.8. The monoisotopic (exact) mass is 414 g/mol. The van der Waals surface area contributed by atoms with Gasteiger partial charge in [-0.2, -0.15) is 0 Å². The van der Waals surface area contributed by atoms with Gasteiger partial charge in [-0.15, -0.1) is 0 Å². The van der Waals surface area contributed by atoms with Crippen molar-refractivity contribution in [3.8, 4) is 0 Å². The molecule has 0 atom stereocenters. The average Bonchev–Trinajstić information content (AvgIpc) is 3.37. The van der Waals surface area contributed by atoms with Crippen LogP contribution in [-0.4, -0.2) is 23.9 Å². The molecule has 0 saturated carbocycles. The molecule has 4 aromatic rings. The van der Waals surface area contributed by atoms with E-state index in [1.165, 1.54) is 12.7 Å². The highest BCUT2D eigenvalue weighted by Gasteiger charge is 2.14. The second-order valence-electron chi connectivity index (χ2n) is 8.54. The van der Waals surface area contributed by atoms with Crippen LogP contribution < -0.4 is 0 Å². The van der Waals surface area contributed by atoms with Gasteiger partial charge in [0.25, 0.3) is 0 Å². The molecule has 0 aliphatic carbocycles. The van der Waals surface area contributed by atoms with Crippen molar-refractivity contribution in [1.29, 1.82) is 0 Å². The van der Waals surface area contributed by atoms with E-state index >= 15 is 0 Å². The SMILES string of the molecule is COC(=O)c1ccc(Cn2cc(C=Nc3ccc(C(C)(C)C)cc3)c3ccccc32)o1. The highest BCUT2D eigenvalue weighted by molar-refractivity contribution is 6.00. The van der Waals surface area contributed by atoms with Gasteiger partial charge in [0.2, 0.25) is 5.76 Å². The van der Waals surface area contributed by atoms with Crippen molar-refractivity contribution in [2.75, 3.05) is 7.11 Å². The van der Waals surface area contributed by atoms with E-state index in [0.717, 1.165) is 22.2 Å². The van der Waals surface area contributed by atoms with Gasteiger partial charge in [0.15, 0.2) is 0 Å². The van der Waals surface area contributed by atoms with E-state index < -0.39 is 5.97 Å². The van der Waals surface area contributed by atoms with Crippen LogP contribution in [0.5, 0.6) is 0 Å². The maximum absolute atomic E-state index is 11.7. The third-order valence-corrected chi connectivity index (χ3v) is 5.28. The zero-order valence-electron chi connectivity index (χ0n) is 18.3. The summed E-state index contributed by atoms with van der Waals surface area (Å²) in [5.74, 6) is 0.408. The van der Waals surface area contributed by atoms with Gasteiger partial charge in [0, 0.05) is 28.9 Å². The van der Waals surface area contributed by atoms with Crippen LogP contribution in [0.2, 0.25) is 0 Å². The summed E-state index contributed by atoms with van der Waals surface area (Å²) in [5, 5.41) is 1.11. The Hall–Kier alpha value is -3.60. The molecule has 2 aromatic heterocycles. The molecule has 0 fully saturated rings. The van der Waals surface area contributed by atoms with Gasteiger partial charge in [-0.3, -0.25) is 4.99 Å². The largest absolute Gasteiger partial charge is 0.463 e. The highest BCUT2D eigenvalue weighted by Crippen LogP contribution is 2.26. The summed E-state index contributed by atoms with van der Waals surface area (Å²) in [4.78, 5) is 16.3. The lowest BCUT2D eigenvalue weighted by Crippen LogP contribution is -2.10. The fraction of sp³-hybridized carbons (Fsp3) is 0.231. The van der Waals surface area contributed by atoms with E-state index in [-0.39, 0.29) is 11.2 Å². The summed E-state index contributed by atoms with van der Waals surface area (Å²) < 4.78 is 12.5. The number of benzene rings is 2. The normalized spacial score (nSPS) is 12.0. The fourth-order valence-electron chi connectivity index (χ4n) is 3.54. The number of rotatable bonds is 5. The van der Waals surface area contributed by atoms with Crippen LogP contribution in [0.15, 0.2) is 76.3 Å². The number of ether oxygens (including phenoxy) is 1. The Morgan fingerprint density at radius 3 is 2.52 bits per heavy atom. The minimum atomic E-state index is -0.478. The Bertz CT molecular complexity index is 1240. The molecule has 0 saturated heterocycles. The van der Waals surface area contributed by atoms with Gasteiger partial charge < -0.3 is 13.7 Å². The Balaban J connectivity index is 1.61. The van der Waals surface area contributed by atoms with Crippen LogP contribution in [0.1, 0.15) is 48.2 Å². The number of aromatic nitrogens is 1. The molecule has 158 valence electrons. The smallest absolute Gasteiger partial charge is 0.373 e. The van der Waals surface area contributed by atoms with Crippen LogP contribution in [0.25, 0.3) is 10.9 Å². The van der Waals surface area contributed by atoms with Gasteiger partial charge in [-0.1, -0.05) is 51.1 Å². The molecule has 0 aliphatic rings. The predicted molar refractivity (Wildman–Crippen MR) is 123 cm³/mol. The lowest BCUT2D eigenvalue weighted by Gasteiger charge is -2.18. The minimum Gasteiger partial charge on any atom is -0.463 e. The molecule has 0 bridgehead atoms. The van der Waals surface area contributed by atoms with E-state index in [4.69, 9.17) is 9.15 Å². The summed E-state index contributed by atoms with van der Waals surface area (Å²) in [6.45, 7) is 7.11. The summed E-state index contributed by atoms with van der Waals surface area (Å²) in [5.41, 5.74) is 4.42. The number of nitrogens with zero attached hydrogens (tertiary/aromatic N) is 2. The topological polar surface area (TPSA) is 56.7 Å². The number of hydrogen-bond acceptors (Lipinski definition) is 4. The molecule has 5 heteroatoms. The lowest BCUT2D eigenvalue weighted by atomic mass is 9.87. The first-order valence-electron chi connectivity index (χ1n) is 10.2. The van der Waals surface area contributed by atoms with Crippen LogP contribution in [0.3, 0.4) is 0 Å². The Morgan fingerprint density at radius 1 is 1.06 bits per heavy atom. The maximum atomic E-state index is 11.7. The van der Waals surface area contributed by atoms with E-state index in [2.05, 4.69) is 60.8 Å². The third-order valence-electron chi connectivity index (χ3n) is 5.28. The van der Waals surface area contributed by atoms with Crippen molar-refractivity contribution in [3.63, 3.8) is 0 Å².